The predicted molar refractivity (Wildman–Crippen MR) is 131 cm³/mol. The van der Waals surface area contributed by atoms with Crippen molar-refractivity contribution in [2.75, 3.05) is 20.8 Å². The Kier molecular flexibility index (Phi) is 9.19. The molecule has 7 heteroatoms. The summed E-state index contributed by atoms with van der Waals surface area (Å²) in [5.41, 5.74) is 2.10. The number of carbonyl (C=O) groups is 2. The molecule has 34 heavy (non-hydrogen) atoms. The first kappa shape index (κ1) is 25.4. The minimum absolute atomic E-state index is 0.129. The van der Waals surface area contributed by atoms with Crippen LogP contribution in [0.1, 0.15) is 50.2 Å². The highest BCUT2D eigenvalue weighted by Crippen LogP contribution is 2.27. The van der Waals surface area contributed by atoms with Crippen LogP contribution < -0.4 is 19.5 Å². The first-order chi connectivity index (χ1) is 16.4. The van der Waals surface area contributed by atoms with E-state index in [1.807, 2.05) is 31.2 Å². The summed E-state index contributed by atoms with van der Waals surface area (Å²) in [6.45, 7) is 3.91. The molecule has 0 heterocycles. The molecule has 0 bridgehead atoms. The Labute approximate surface area is 202 Å². The van der Waals surface area contributed by atoms with Crippen LogP contribution in [-0.2, 0) is 16.1 Å². The molecular weight excluding hydrogens is 432 g/mol. The van der Waals surface area contributed by atoms with Gasteiger partial charge in [0, 0.05) is 30.8 Å². The maximum atomic E-state index is 13.3. The molecule has 1 aliphatic rings. The zero-order valence-corrected chi connectivity index (χ0v) is 20.6. The molecule has 1 fully saturated rings. The Morgan fingerprint density at radius 3 is 2.15 bits per heavy atom. The van der Waals surface area contributed by atoms with Crippen molar-refractivity contribution < 1.29 is 23.8 Å². The summed E-state index contributed by atoms with van der Waals surface area (Å²) in [6.07, 6.45) is 5.45. The van der Waals surface area contributed by atoms with E-state index < -0.39 is 6.04 Å². The lowest BCUT2D eigenvalue weighted by atomic mass is 9.95. The number of nitrogens with one attached hydrogen (secondary N) is 1. The minimum atomic E-state index is -0.626. The molecule has 0 spiro atoms. The summed E-state index contributed by atoms with van der Waals surface area (Å²) in [6, 6.07) is 12.6. The minimum Gasteiger partial charge on any atom is -0.496 e. The summed E-state index contributed by atoms with van der Waals surface area (Å²) in [5, 5.41) is 3.15. The number of benzene rings is 2. The highest BCUT2D eigenvalue weighted by molar-refractivity contribution is 5.88. The first-order valence-corrected chi connectivity index (χ1v) is 11.9. The van der Waals surface area contributed by atoms with Crippen molar-refractivity contribution >= 4 is 11.8 Å². The van der Waals surface area contributed by atoms with E-state index in [4.69, 9.17) is 14.2 Å². The Bertz CT molecular complexity index is 932. The van der Waals surface area contributed by atoms with Crippen LogP contribution in [0.4, 0.5) is 0 Å². The molecule has 0 aromatic heterocycles. The summed E-state index contributed by atoms with van der Waals surface area (Å²) in [4.78, 5) is 27.9. The number of amides is 2. The van der Waals surface area contributed by atoms with Crippen LogP contribution in [0.3, 0.4) is 0 Å². The Hall–Kier alpha value is -3.22. The number of nitrogens with zero attached hydrogens (tertiary/aromatic N) is 1. The van der Waals surface area contributed by atoms with E-state index in [2.05, 4.69) is 5.32 Å². The summed E-state index contributed by atoms with van der Waals surface area (Å²) in [5.74, 6) is 1.19. The van der Waals surface area contributed by atoms with Crippen LogP contribution >= 0.6 is 0 Å². The van der Waals surface area contributed by atoms with Crippen LogP contribution in [0, 0.1) is 6.92 Å². The van der Waals surface area contributed by atoms with Crippen LogP contribution in [0.2, 0.25) is 0 Å². The van der Waals surface area contributed by atoms with Gasteiger partial charge in [0.05, 0.1) is 14.2 Å². The second-order valence-electron chi connectivity index (χ2n) is 8.86. The van der Waals surface area contributed by atoms with Gasteiger partial charge in [0.25, 0.3) is 5.91 Å². The number of carbonyl (C=O) groups excluding carboxylic acids is 2. The highest BCUT2D eigenvalue weighted by atomic mass is 16.5. The van der Waals surface area contributed by atoms with Crippen molar-refractivity contribution in [3.05, 3.63) is 53.6 Å². The van der Waals surface area contributed by atoms with Gasteiger partial charge in [0.1, 0.15) is 23.3 Å². The predicted octanol–water partition coefficient (Wildman–Crippen LogP) is 4.26. The number of hydrogen-bond acceptors (Lipinski definition) is 5. The largest absolute Gasteiger partial charge is 0.496 e. The zero-order chi connectivity index (χ0) is 24.5. The fourth-order valence-electron chi connectivity index (χ4n) is 4.13. The molecular formula is C27H36N2O5. The van der Waals surface area contributed by atoms with E-state index in [0.29, 0.717) is 23.8 Å². The van der Waals surface area contributed by atoms with Crippen LogP contribution in [0.25, 0.3) is 0 Å². The molecule has 184 valence electrons. The van der Waals surface area contributed by atoms with E-state index in [-0.39, 0.29) is 24.5 Å². The third-order valence-corrected chi connectivity index (χ3v) is 6.28. The van der Waals surface area contributed by atoms with Crippen molar-refractivity contribution in [1.29, 1.82) is 0 Å². The lowest BCUT2D eigenvalue weighted by Crippen LogP contribution is -2.51. The standard InChI is InChI=1S/C27H36N2O5/c1-19-10-12-21(13-11-19)17-29(20(2)27(31)28-22-8-6-5-7-9-22)26(30)18-34-25-15-23(32-3)14-24(16-25)33-4/h10-16,20,22H,5-9,17-18H2,1-4H3,(H,28,31). The zero-order valence-electron chi connectivity index (χ0n) is 20.6. The summed E-state index contributed by atoms with van der Waals surface area (Å²) < 4.78 is 16.3. The van der Waals surface area contributed by atoms with Gasteiger partial charge < -0.3 is 24.4 Å². The maximum Gasteiger partial charge on any atom is 0.261 e. The summed E-state index contributed by atoms with van der Waals surface area (Å²) in [7, 11) is 3.11. The smallest absolute Gasteiger partial charge is 0.261 e. The third kappa shape index (κ3) is 7.14. The molecule has 1 N–H and O–H groups in total. The van der Waals surface area contributed by atoms with Gasteiger partial charge in [0.15, 0.2) is 6.61 Å². The lowest BCUT2D eigenvalue weighted by molar-refractivity contribution is -0.142. The van der Waals surface area contributed by atoms with Crippen molar-refractivity contribution in [3.63, 3.8) is 0 Å². The number of hydrogen-bond donors (Lipinski definition) is 1. The van der Waals surface area contributed by atoms with Crippen LogP contribution in [0.5, 0.6) is 17.2 Å². The van der Waals surface area contributed by atoms with Gasteiger partial charge in [-0.05, 0) is 32.3 Å². The topological polar surface area (TPSA) is 77.1 Å². The second-order valence-corrected chi connectivity index (χ2v) is 8.86. The number of rotatable bonds is 10. The molecule has 3 rings (SSSR count). The van der Waals surface area contributed by atoms with E-state index in [9.17, 15) is 9.59 Å². The van der Waals surface area contributed by atoms with Gasteiger partial charge in [0.2, 0.25) is 5.91 Å². The molecule has 0 aliphatic heterocycles. The average molecular weight is 469 g/mol. The third-order valence-electron chi connectivity index (χ3n) is 6.28. The highest BCUT2D eigenvalue weighted by Gasteiger charge is 2.28. The molecule has 2 aromatic carbocycles. The monoisotopic (exact) mass is 468 g/mol. The number of aryl methyl sites for hydroxylation is 1. The van der Waals surface area contributed by atoms with Crippen molar-refractivity contribution in [2.45, 2.75) is 64.6 Å². The van der Waals surface area contributed by atoms with E-state index in [1.165, 1.54) is 6.42 Å². The van der Waals surface area contributed by atoms with Crippen molar-refractivity contribution in [3.8, 4) is 17.2 Å². The molecule has 2 amide bonds. The molecule has 1 aliphatic carbocycles. The maximum absolute atomic E-state index is 13.3. The van der Waals surface area contributed by atoms with Crippen LogP contribution in [-0.4, -0.2) is 49.6 Å². The molecule has 1 unspecified atom stereocenters. The normalized spacial score (nSPS) is 14.7. The number of methoxy groups -OCH3 is 2. The van der Waals surface area contributed by atoms with E-state index in [0.717, 1.165) is 36.8 Å². The van der Waals surface area contributed by atoms with E-state index >= 15 is 0 Å². The fraction of sp³-hybridized carbons (Fsp3) is 0.481. The van der Waals surface area contributed by atoms with Gasteiger partial charge in [-0.3, -0.25) is 9.59 Å². The molecule has 1 atom stereocenters. The second kappa shape index (κ2) is 12.3. The van der Waals surface area contributed by atoms with Gasteiger partial charge in [-0.1, -0.05) is 49.1 Å². The van der Waals surface area contributed by atoms with Gasteiger partial charge in [-0.2, -0.15) is 0 Å². The van der Waals surface area contributed by atoms with Crippen LogP contribution in [0.15, 0.2) is 42.5 Å². The average Bonchev–Trinajstić information content (AvgIpc) is 2.86. The fourth-order valence-corrected chi connectivity index (χ4v) is 4.13. The Morgan fingerprint density at radius 2 is 1.56 bits per heavy atom. The quantitative estimate of drug-likeness (QED) is 0.564. The number of ether oxygens (including phenoxy) is 3. The summed E-state index contributed by atoms with van der Waals surface area (Å²) >= 11 is 0. The Morgan fingerprint density at radius 1 is 0.971 bits per heavy atom. The van der Waals surface area contributed by atoms with Gasteiger partial charge >= 0.3 is 0 Å². The first-order valence-electron chi connectivity index (χ1n) is 11.9. The SMILES string of the molecule is COc1cc(OC)cc(OCC(=O)N(Cc2ccc(C)cc2)C(C)C(=O)NC2CCCCC2)c1. The van der Waals surface area contributed by atoms with Gasteiger partial charge in [-0.15, -0.1) is 0 Å². The van der Waals surface area contributed by atoms with Crippen molar-refractivity contribution in [2.24, 2.45) is 0 Å². The molecule has 2 aromatic rings. The molecule has 1 saturated carbocycles. The molecule has 7 nitrogen and oxygen atoms in total. The lowest BCUT2D eigenvalue weighted by Gasteiger charge is -2.31. The van der Waals surface area contributed by atoms with E-state index in [1.54, 1.807) is 44.2 Å². The Balaban J connectivity index is 1.73. The van der Waals surface area contributed by atoms with Gasteiger partial charge in [-0.25, -0.2) is 0 Å². The molecule has 0 saturated heterocycles. The molecule has 0 radical (unpaired) electrons. The van der Waals surface area contributed by atoms with Crippen molar-refractivity contribution in [1.82, 2.24) is 10.2 Å².